The lowest BCUT2D eigenvalue weighted by Gasteiger charge is -2.37. The molecule has 0 radical (unpaired) electrons. The van der Waals surface area contributed by atoms with E-state index in [4.69, 9.17) is 0 Å². The van der Waals surface area contributed by atoms with Crippen LogP contribution in [0.15, 0.2) is 0 Å². The Morgan fingerprint density at radius 3 is 2.33 bits per heavy atom. The summed E-state index contributed by atoms with van der Waals surface area (Å²) >= 11 is 0. The van der Waals surface area contributed by atoms with Gasteiger partial charge in [-0.3, -0.25) is 4.79 Å². The lowest BCUT2D eigenvalue weighted by atomic mass is 9.84. The van der Waals surface area contributed by atoms with Crippen molar-refractivity contribution < 1.29 is 4.79 Å². The largest absolute Gasteiger partial charge is 0.342 e. The van der Waals surface area contributed by atoms with Crippen molar-refractivity contribution in [1.29, 1.82) is 0 Å². The van der Waals surface area contributed by atoms with E-state index in [2.05, 4.69) is 20.8 Å². The van der Waals surface area contributed by atoms with Gasteiger partial charge in [0.1, 0.15) is 0 Å². The average Bonchev–Trinajstić information content (AvgIpc) is 2.09. The van der Waals surface area contributed by atoms with Crippen molar-refractivity contribution in [2.24, 2.45) is 5.41 Å². The molecule has 15 heavy (non-hydrogen) atoms. The first-order chi connectivity index (χ1) is 7.08. The topological polar surface area (TPSA) is 20.3 Å². The van der Waals surface area contributed by atoms with Crippen molar-refractivity contribution in [3.8, 4) is 0 Å². The smallest absolute Gasteiger partial charge is 0.228 e. The third kappa shape index (κ3) is 3.51. The maximum atomic E-state index is 12.0. The van der Waals surface area contributed by atoms with Crippen LogP contribution in [0.3, 0.4) is 0 Å². The van der Waals surface area contributed by atoms with E-state index in [0.717, 1.165) is 19.5 Å². The molecule has 0 spiro atoms. The zero-order valence-electron chi connectivity index (χ0n) is 10.5. The Hall–Kier alpha value is -0.530. The van der Waals surface area contributed by atoms with Gasteiger partial charge in [-0.2, -0.15) is 0 Å². The second-order valence-corrected chi connectivity index (χ2v) is 5.34. The van der Waals surface area contributed by atoms with E-state index in [-0.39, 0.29) is 5.41 Å². The molecule has 0 bridgehead atoms. The number of amides is 1. The van der Waals surface area contributed by atoms with Crippen LogP contribution in [-0.4, -0.2) is 23.9 Å². The van der Waals surface area contributed by atoms with Crippen LogP contribution in [0.25, 0.3) is 0 Å². The first-order valence-electron chi connectivity index (χ1n) is 6.37. The molecule has 0 aromatic heterocycles. The van der Waals surface area contributed by atoms with E-state index in [1.807, 2.05) is 4.90 Å². The molecule has 0 aromatic rings. The van der Waals surface area contributed by atoms with Crippen LogP contribution in [0, 0.1) is 5.41 Å². The summed E-state index contributed by atoms with van der Waals surface area (Å²) in [5.74, 6) is 0.366. The third-order valence-corrected chi connectivity index (χ3v) is 3.38. The van der Waals surface area contributed by atoms with E-state index in [1.165, 1.54) is 32.1 Å². The summed E-state index contributed by atoms with van der Waals surface area (Å²) in [6.07, 6.45) is 7.27. The van der Waals surface area contributed by atoms with Crippen LogP contribution < -0.4 is 0 Å². The Morgan fingerprint density at radius 1 is 1.20 bits per heavy atom. The second-order valence-electron chi connectivity index (χ2n) is 5.34. The van der Waals surface area contributed by atoms with Gasteiger partial charge in [-0.05, 0) is 12.8 Å². The van der Waals surface area contributed by atoms with Crippen LogP contribution in [0.2, 0.25) is 0 Å². The van der Waals surface area contributed by atoms with Gasteiger partial charge in [0.05, 0.1) is 0 Å². The molecule has 0 saturated carbocycles. The molecule has 0 aromatic carbocycles. The summed E-state index contributed by atoms with van der Waals surface area (Å²) in [6.45, 7) is 8.38. The number of hydrogen-bond acceptors (Lipinski definition) is 1. The minimum atomic E-state index is -0.131. The molecular formula is C13H25NO. The number of carbonyl (C=O) groups excluding carboxylic acids is 1. The Bertz CT molecular complexity index is 207. The van der Waals surface area contributed by atoms with Crippen molar-refractivity contribution >= 4 is 5.91 Å². The summed E-state index contributed by atoms with van der Waals surface area (Å²) in [6, 6.07) is 0. The third-order valence-electron chi connectivity index (χ3n) is 3.38. The molecule has 1 aliphatic heterocycles. The SMILES string of the molecule is CCCCCCC(C)(C)C(=O)N1CCC1. The van der Waals surface area contributed by atoms with Crippen LogP contribution in [-0.2, 0) is 4.79 Å². The molecule has 1 fully saturated rings. The first-order valence-corrected chi connectivity index (χ1v) is 6.37. The summed E-state index contributed by atoms with van der Waals surface area (Å²) in [4.78, 5) is 14.0. The quantitative estimate of drug-likeness (QED) is 0.618. The van der Waals surface area contributed by atoms with Crippen molar-refractivity contribution in [2.75, 3.05) is 13.1 Å². The molecule has 1 saturated heterocycles. The van der Waals surface area contributed by atoms with Crippen molar-refractivity contribution in [3.05, 3.63) is 0 Å². The number of likely N-dealkylation sites (tertiary alicyclic amines) is 1. The van der Waals surface area contributed by atoms with Crippen molar-refractivity contribution in [3.63, 3.8) is 0 Å². The molecule has 88 valence electrons. The van der Waals surface area contributed by atoms with E-state index in [1.54, 1.807) is 0 Å². The fourth-order valence-corrected chi connectivity index (χ4v) is 2.05. The summed E-state index contributed by atoms with van der Waals surface area (Å²) in [5.41, 5.74) is -0.131. The molecule has 0 atom stereocenters. The predicted octanol–water partition coefficient (Wildman–Crippen LogP) is 3.22. The van der Waals surface area contributed by atoms with E-state index >= 15 is 0 Å². The van der Waals surface area contributed by atoms with Gasteiger partial charge < -0.3 is 4.90 Å². The Morgan fingerprint density at radius 2 is 1.87 bits per heavy atom. The number of carbonyl (C=O) groups is 1. The molecule has 2 heteroatoms. The van der Waals surface area contributed by atoms with Gasteiger partial charge in [0.15, 0.2) is 0 Å². The molecule has 0 aliphatic carbocycles. The molecule has 0 N–H and O–H groups in total. The fourth-order valence-electron chi connectivity index (χ4n) is 2.05. The van der Waals surface area contributed by atoms with Crippen LogP contribution >= 0.6 is 0 Å². The Labute approximate surface area is 94.0 Å². The predicted molar refractivity (Wildman–Crippen MR) is 63.7 cm³/mol. The zero-order chi connectivity index (χ0) is 11.3. The van der Waals surface area contributed by atoms with Gasteiger partial charge in [-0.1, -0.05) is 46.5 Å². The molecule has 1 aliphatic rings. The fraction of sp³-hybridized carbons (Fsp3) is 0.923. The van der Waals surface area contributed by atoms with Crippen LogP contribution in [0.1, 0.15) is 59.3 Å². The second kappa shape index (κ2) is 5.53. The number of nitrogens with zero attached hydrogens (tertiary/aromatic N) is 1. The first kappa shape index (κ1) is 12.5. The van der Waals surface area contributed by atoms with E-state index in [0.29, 0.717) is 5.91 Å². The molecule has 1 amide bonds. The number of rotatable bonds is 6. The lowest BCUT2D eigenvalue weighted by Crippen LogP contribution is -2.48. The Balaban J connectivity index is 2.26. The summed E-state index contributed by atoms with van der Waals surface area (Å²) < 4.78 is 0. The minimum absolute atomic E-state index is 0.131. The van der Waals surface area contributed by atoms with Crippen LogP contribution in [0.5, 0.6) is 0 Å². The van der Waals surface area contributed by atoms with Gasteiger partial charge in [-0.25, -0.2) is 0 Å². The number of unbranched alkanes of at least 4 members (excludes halogenated alkanes) is 3. The summed E-state index contributed by atoms with van der Waals surface area (Å²) in [5, 5.41) is 0. The van der Waals surface area contributed by atoms with Gasteiger partial charge in [0.25, 0.3) is 0 Å². The maximum Gasteiger partial charge on any atom is 0.228 e. The monoisotopic (exact) mass is 211 g/mol. The number of hydrogen-bond donors (Lipinski definition) is 0. The summed E-state index contributed by atoms with van der Waals surface area (Å²) in [7, 11) is 0. The highest BCUT2D eigenvalue weighted by Gasteiger charge is 2.33. The molecule has 1 heterocycles. The molecule has 2 nitrogen and oxygen atoms in total. The normalized spacial score (nSPS) is 16.3. The minimum Gasteiger partial charge on any atom is -0.342 e. The zero-order valence-corrected chi connectivity index (χ0v) is 10.5. The van der Waals surface area contributed by atoms with Crippen molar-refractivity contribution in [2.45, 2.75) is 59.3 Å². The highest BCUT2D eigenvalue weighted by molar-refractivity contribution is 5.82. The standard InChI is InChI=1S/C13H25NO/c1-4-5-6-7-9-13(2,3)12(15)14-10-8-11-14/h4-11H2,1-3H3. The van der Waals surface area contributed by atoms with Gasteiger partial charge in [0.2, 0.25) is 5.91 Å². The molecular weight excluding hydrogens is 186 g/mol. The molecule has 1 rings (SSSR count). The highest BCUT2D eigenvalue weighted by atomic mass is 16.2. The van der Waals surface area contributed by atoms with Gasteiger partial charge in [0, 0.05) is 18.5 Å². The average molecular weight is 211 g/mol. The van der Waals surface area contributed by atoms with Crippen molar-refractivity contribution in [1.82, 2.24) is 4.90 Å². The van der Waals surface area contributed by atoms with E-state index in [9.17, 15) is 4.79 Å². The molecule has 0 unspecified atom stereocenters. The lowest BCUT2D eigenvalue weighted by molar-refractivity contribution is -0.144. The van der Waals surface area contributed by atoms with E-state index < -0.39 is 0 Å². The maximum absolute atomic E-state index is 12.0. The Kier molecular flexibility index (Phi) is 4.62. The highest BCUT2D eigenvalue weighted by Crippen LogP contribution is 2.28. The van der Waals surface area contributed by atoms with Gasteiger partial charge >= 0.3 is 0 Å². The van der Waals surface area contributed by atoms with Crippen LogP contribution in [0.4, 0.5) is 0 Å². The van der Waals surface area contributed by atoms with Gasteiger partial charge in [-0.15, -0.1) is 0 Å².